The van der Waals surface area contributed by atoms with Crippen molar-refractivity contribution in [1.82, 2.24) is 14.7 Å². The van der Waals surface area contributed by atoms with Crippen LogP contribution in [0.15, 0.2) is 89.8 Å². The van der Waals surface area contributed by atoms with Gasteiger partial charge in [0.2, 0.25) is 0 Å². The quantitative estimate of drug-likeness (QED) is 0.423. The number of aromatic nitrogens is 2. The van der Waals surface area contributed by atoms with Gasteiger partial charge in [-0.2, -0.15) is 5.10 Å². The van der Waals surface area contributed by atoms with Crippen molar-refractivity contribution < 1.29 is 17.9 Å². The first-order chi connectivity index (χ1) is 17.6. The second-order valence-electron chi connectivity index (χ2n) is 8.98. The van der Waals surface area contributed by atoms with Crippen LogP contribution in [-0.4, -0.2) is 55.3 Å². The van der Waals surface area contributed by atoms with Gasteiger partial charge in [0.1, 0.15) is 0 Å². The Kier molecular flexibility index (Phi) is 5.70. The van der Waals surface area contributed by atoms with Crippen molar-refractivity contribution in [3.63, 3.8) is 0 Å². The highest BCUT2D eigenvalue weighted by molar-refractivity contribution is 7.92. The summed E-state index contributed by atoms with van der Waals surface area (Å²) in [5.41, 5.74) is 3.53. The Morgan fingerprint density at radius 1 is 0.889 bits per heavy atom. The summed E-state index contributed by atoms with van der Waals surface area (Å²) in [5, 5.41) is 3.87. The molecule has 2 aliphatic heterocycles. The minimum atomic E-state index is -3.80. The van der Waals surface area contributed by atoms with E-state index in [0.717, 1.165) is 11.3 Å². The van der Waals surface area contributed by atoms with Gasteiger partial charge in [-0.1, -0.05) is 66.7 Å². The van der Waals surface area contributed by atoms with Gasteiger partial charge >= 0.3 is 0 Å². The molecule has 0 bridgehead atoms. The van der Waals surface area contributed by atoms with E-state index in [0.29, 0.717) is 43.1 Å². The van der Waals surface area contributed by atoms with E-state index in [-0.39, 0.29) is 22.9 Å². The number of amides is 1. The molecule has 2 aliphatic rings. The molecule has 36 heavy (non-hydrogen) atoms. The molecule has 3 heterocycles. The molecule has 1 saturated heterocycles. The number of sulfone groups is 1. The SMILES string of the molecule is O=C(c1nn(-c2ccccc2)c2c1C(Cc1ccccc1)S(=O)(=O)c1ccccc1-2)N1CCOCC1. The number of para-hydroxylation sites is 1. The largest absolute Gasteiger partial charge is 0.378 e. The molecule has 1 atom stereocenters. The summed E-state index contributed by atoms with van der Waals surface area (Å²) in [6, 6.07) is 26.1. The van der Waals surface area contributed by atoms with Crippen LogP contribution < -0.4 is 0 Å². The zero-order chi connectivity index (χ0) is 24.7. The van der Waals surface area contributed by atoms with Crippen LogP contribution in [-0.2, 0) is 21.0 Å². The summed E-state index contributed by atoms with van der Waals surface area (Å²) in [6.07, 6.45) is 0.244. The zero-order valence-corrected chi connectivity index (χ0v) is 20.4. The van der Waals surface area contributed by atoms with Gasteiger partial charge in [0.15, 0.2) is 15.5 Å². The van der Waals surface area contributed by atoms with E-state index in [4.69, 9.17) is 9.84 Å². The fourth-order valence-electron chi connectivity index (χ4n) is 5.08. The average molecular weight is 500 g/mol. The monoisotopic (exact) mass is 499 g/mol. The van der Waals surface area contributed by atoms with Crippen LogP contribution in [0.2, 0.25) is 0 Å². The molecule has 182 valence electrons. The molecule has 0 N–H and O–H groups in total. The van der Waals surface area contributed by atoms with Crippen LogP contribution in [0, 0.1) is 0 Å². The topological polar surface area (TPSA) is 81.5 Å². The number of morpholine rings is 1. The molecular weight excluding hydrogens is 474 g/mol. The minimum Gasteiger partial charge on any atom is -0.378 e. The predicted octanol–water partition coefficient (Wildman–Crippen LogP) is 4.08. The molecule has 1 fully saturated rings. The third kappa shape index (κ3) is 3.73. The van der Waals surface area contributed by atoms with Gasteiger partial charge in [0.05, 0.1) is 34.7 Å². The highest BCUT2D eigenvalue weighted by Gasteiger charge is 2.44. The second-order valence-corrected chi connectivity index (χ2v) is 11.1. The van der Waals surface area contributed by atoms with E-state index >= 15 is 0 Å². The summed E-state index contributed by atoms with van der Waals surface area (Å²) in [6.45, 7) is 1.78. The van der Waals surface area contributed by atoms with E-state index in [9.17, 15) is 13.2 Å². The fraction of sp³-hybridized carbons (Fsp3) is 0.214. The lowest BCUT2D eigenvalue weighted by Crippen LogP contribution is -2.41. The average Bonchev–Trinajstić information content (AvgIpc) is 3.33. The smallest absolute Gasteiger partial charge is 0.274 e. The molecule has 0 saturated carbocycles. The number of carbonyl (C=O) groups is 1. The van der Waals surface area contributed by atoms with Gasteiger partial charge in [-0.25, -0.2) is 13.1 Å². The van der Waals surface area contributed by atoms with Crippen LogP contribution >= 0.6 is 0 Å². The maximum absolute atomic E-state index is 14.1. The Morgan fingerprint density at radius 2 is 1.53 bits per heavy atom. The molecule has 6 rings (SSSR count). The Hall–Kier alpha value is -3.75. The van der Waals surface area contributed by atoms with E-state index < -0.39 is 15.1 Å². The molecule has 1 amide bonds. The zero-order valence-electron chi connectivity index (χ0n) is 19.6. The maximum atomic E-state index is 14.1. The van der Waals surface area contributed by atoms with Crippen molar-refractivity contribution in [3.05, 3.63) is 102 Å². The number of benzene rings is 3. The van der Waals surface area contributed by atoms with Crippen LogP contribution in [0.3, 0.4) is 0 Å². The molecule has 8 heteroatoms. The first-order valence-corrected chi connectivity index (χ1v) is 13.5. The van der Waals surface area contributed by atoms with Crippen molar-refractivity contribution in [3.8, 4) is 16.9 Å². The Morgan fingerprint density at radius 3 is 2.25 bits per heavy atom. The molecule has 3 aromatic carbocycles. The Balaban J connectivity index is 1.63. The van der Waals surface area contributed by atoms with Crippen LogP contribution in [0.5, 0.6) is 0 Å². The number of nitrogens with zero attached hydrogens (tertiary/aromatic N) is 3. The lowest BCUT2D eigenvalue weighted by molar-refractivity contribution is 0.0298. The van der Waals surface area contributed by atoms with Crippen molar-refractivity contribution in [2.75, 3.05) is 26.3 Å². The third-order valence-corrected chi connectivity index (χ3v) is 8.95. The predicted molar refractivity (Wildman–Crippen MR) is 136 cm³/mol. The van der Waals surface area contributed by atoms with Crippen LogP contribution in [0.1, 0.15) is 26.9 Å². The number of hydrogen-bond acceptors (Lipinski definition) is 5. The number of hydrogen-bond donors (Lipinski definition) is 0. The van der Waals surface area contributed by atoms with Crippen molar-refractivity contribution in [1.29, 1.82) is 0 Å². The number of rotatable bonds is 4. The first-order valence-electron chi connectivity index (χ1n) is 12.0. The Bertz CT molecular complexity index is 1530. The minimum absolute atomic E-state index is 0.190. The van der Waals surface area contributed by atoms with Gasteiger partial charge < -0.3 is 9.64 Å². The number of carbonyl (C=O) groups excluding carboxylic acids is 1. The van der Waals surface area contributed by atoms with Gasteiger partial charge in [0.25, 0.3) is 5.91 Å². The molecular formula is C28H25N3O4S. The molecule has 0 spiro atoms. The maximum Gasteiger partial charge on any atom is 0.274 e. The lowest BCUT2D eigenvalue weighted by atomic mass is 9.97. The van der Waals surface area contributed by atoms with Gasteiger partial charge in [-0.05, 0) is 30.2 Å². The Labute approximate surface area is 209 Å². The number of fused-ring (bicyclic) bond motifs is 3. The first kappa shape index (κ1) is 22.7. The summed E-state index contributed by atoms with van der Waals surface area (Å²) >= 11 is 0. The lowest BCUT2D eigenvalue weighted by Gasteiger charge is -2.29. The van der Waals surface area contributed by atoms with Crippen molar-refractivity contribution in [2.45, 2.75) is 16.6 Å². The summed E-state index contributed by atoms with van der Waals surface area (Å²) in [5.74, 6) is -0.267. The highest BCUT2D eigenvalue weighted by Crippen LogP contribution is 2.48. The third-order valence-electron chi connectivity index (χ3n) is 6.83. The summed E-state index contributed by atoms with van der Waals surface area (Å²) in [7, 11) is -3.80. The molecule has 0 radical (unpaired) electrons. The standard InChI is InChI=1S/C28H25N3O4S/c32-28(30-15-17-35-18-16-30)26-25-24(19-20-9-3-1-4-10-20)36(33,34)23-14-8-7-13-22(23)27(25)31(29-26)21-11-5-2-6-12-21/h1-14,24H,15-19H2. The normalized spacial score (nSPS) is 18.3. The van der Waals surface area contributed by atoms with Crippen LogP contribution in [0.4, 0.5) is 0 Å². The van der Waals surface area contributed by atoms with Crippen molar-refractivity contribution >= 4 is 15.7 Å². The van der Waals surface area contributed by atoms with E-state index in [1.165, 1.54) is 0 Å². The van der Waals surface area contributed by atoms with E-state index in [2.05, 4.69) is 0 Å². The molecule has 1 aromatic heterocycles. The molecule has 7 nitrogen and oxygen atoms in total. The second kappa shape index (κ2) is 9.04. The summed E-state index contributed by atoms with van der Waals surface area (Å²) < 4.78 is 35.3. The highest BCUT2D eigenvalue weighted by atomic mass is 32.2. The molecule has 4 aromatic rings. The van der Waals surface area contributed by atoms with Crippen LogP contribution in [0.25, 0.3) is 16.9 Å². The van der Waals surface area contributed by atoms with E-state index in [1.807, 2.05) is 66.7 Å². The molecule has 1 unspecified atom stereocenters. The van der Waals surface area contributed by atoms with E-state index in [1.54, 1.807) is 27.8 Å². The fourth-order valence-corrected chi connectivity index (χ4v) is 7.07. The van der Waals surface area contributed by atoms with Gasteiger partial charge in [0, 0.05) is 24.2 Å². The molecule has 0 aliphatic carbocycles. The van der Waals surface area contributed by atoms with Gasteiger partial charge in [-0.15, -0.1) is 0 Å². The van der Waals surface area contributed by atoms with Gasteiger partial charge in [-0.3, -0.25) is 4.79 Å². The van der Waals surface area contributed by atoms with Crippen molar-refractivity contribution in [2.24, 2.45) is 0 Å². The summed E-state index contributed by atoms with van der Waals surface area (Å²) in [4.78, 5) is 15.8. The number of ether oxygens (including phenoxy) is 1.